The van der Waals surface area contributed by atoms with Gasteiger partial charge < -0.3 is 4.57 Å². The molecular formula is C11H10N2. The molecule has 1 heterocycles. The van der Waals surface area contributed by atoms with Gasteiger partial charge in [-0.1, -0.05) is 18.2 Å². The number of nitriles is 1. The molecule has 2 aromatic rings. The standard InChI is InChI=1S/C11H10N2/c1-8-4-3-5-10-9(6-12)7-13(2)11(8)10/h3-5,7H,1-2H3. The molecule has 1 aromatic carbocycles. The quantitative estimate of drug-likeness (QED) is 0.596. The molecule has 0 atom stereocenters. The van der Waals surface area contributed by atoms with E-state index in [1.165, 1.54) is 5.56 Å². The van der Waals surface area contributed by atoms with E-state index in [9.17, 15) is 0 Å². The Kier molecular flexibility index (Phi) is 1.60. The summed E-state index contributed by atoms with van der Waals surface area (Å²) < 4.78 is 2.00. The fourth-order valence-corrected chi connectivity index (χ4v) is 1.76. The zero-order chi connectivity index (χ0) is 9.42. The maximum Gasteiger partial charge on any atom is 0.101 e. The van der Waals surface area contributed by atoms with E-state index in [0.29, 0.717) is 0 Å². The Morgan fingerprint density at radius 3 is 2.85 bits per heavy atom. The van der Waals surface area contributed by atoms with Crippen LogP contribution in [-0.2, 0) is 7.05 Å². The molecule has 0 aliphatic carbocycles. The third-order valence-corrected chi connectivity index (χ3v) is 2.32. The van der Waals surface area contributed by atoms with Crippen molar-refractivity contribution in [3.05, 3.63) is 35.5 Å². The van der Waals surface area contributed by atoms with Crippen molar-refractivity contribution in [2.24, 2.45) is 7.05 Å². The van der Waals surface area contributed by atoms with Crippen molar-refractivity contribution in [2.45, 2.75) is 6.92 Å². The van der Waals surface area contributed by atoms with Crippen LogP contribution in [-0.4, -0.2) is 4.57 Å². The highest BCUT2D eigenvalue weighted by Gasteiger charge is 2.06. The minimum Gasteiger partial charge on any atom is -0.349 e. The molecular weight excluding hydrogens is 160 g/mol. The van der Waals surface area contributed by atoms with Crippen LogP contribution in [0.1, 0.15) is 11.1 Å². The molecule has 0 saturated heterocycles. The number of fused-ring (bicyclic) bond motifs is 1. The molecule has 0 radical (unpaired) electrons. The lowest BCUT2D eigenvalue weighted by molar-refractivity contribution is 0.962. The van der Waals surface area contributed by atoms with Crippen molar-refractivity contribution in [3.8, 4) is 6.07 Å². The van der Waals surface area contributed by atoms with Crippen molar-refractivity contribution >= 4 is 10.9 Å². The van der Waals surface area contributed by atoms with E-state index >= 15 is 0 Å². The first-order valence-corrected chi connectivity index (χ1v) is 4.19. The molecule has 13 heavy (non-hydrogen) atoms. The first kappa shape index (κ1) is 7.88. The van der Waals surface area contributed by atoms with Crippen LogP contribution in [0.2, 0.25) is 0 Å². The molecule has 0 fully saturated rings. The summed E-state index contributed by atoms with van der Waals surface area (Å²) in [6, 6.07) is 8.23. The van der Waals surface area contributed by atoms with Crippen molar-refractivity contribution in [1.82, 2.24) is 4.57 Å². The van der Waals surface area contributed by atoms with E-state index < -0.39 is 0 Å². The normalized spacial score (nSPS) is 10.2. The van der Waals surface area contributed by atoms with Crippen molar-refractivity contribution in [1.29, 1.82) is 5.26 Å². The molecule has 0 spiro atoms. The van der Waals surface area contributed by atoms with Gasteiger partial charge in [0.2, 0.25) is 0 Å². The van der Waals surface area contributed by atoms with Gasteiger partial charge in [0.1, 0.15) is 6.07 Å². The monoisotopic (exact) mass is 170 g/mol. The summed E-state index contributed by atoms with van der Waals surface area (Å²) in [5.74, 6) is 0. The molecule has 2 rings (SSSR count). The molecule has 0 aliphatic heterocycles. The van der Waals surface area contributed by atoms with Crippen LogP contribution in [0.25, 0.3) is 10.9 Å². The van der Waals surface area contributed by atoms with Gasteiger partial charge >= 0.3 is 0 Å². The number of aryl methyl sites for hydroxylation is 2. The predicted molar refractivity (Wildman–Crippen MR) is 52.4 cm³/mol. The molecule has 0 bridgehead atoms. The van der Waals surface area contributed by atoms with E-state index in [2.05, 4.69) is 19.1 Å². The van der Waals surface area contributed by atoms with Gasteiger partial charge in [-0.15, -0.1) is 0 Å². The molecule has 0 unspecified atom stereocenters. The highest BCUT2D eigenvalue weighted by atomic mass is 14.9. The predicted octanol–water partition coefficient (Wildman–Crippen LogP) is 2.36. The average molecular weight is 170 g/mol. The Morgan fingerprint density at radius 2 is 2.15 bits per heavy atom. The zero-order valence-corrected chi connectivity index (χ0v) is 7.70. The van der Waals surface area contributed by atoms with Crippen LogP contribution in [0.4, 0.5) is 0 Å². The molecule has 2 nitrogen and oxygen atoms in total. The number of hydrogen-bond donors (Lipinski definition) is 0. The molecule has 0 aliphatic rings. The third kappa shape index (κ3) is 1.01. The number of nitrogens with zero attached hydrogens (tertiary/aromatic N) is 2. The maximum absolute atomic E-state index is 8.88. The molecule has 1 aromatic heterocycles. The number of hydrogen-bond acceptors (Lipinski definition) is 1. The van der Waals surface area contributed by atoms with Crippen molar-refractivity contribution in [3.63, 3.8) is 0 Å². The zero-order valence-electron chi connectivity index (χ0n) is 7.70. The Labute approximate surface area is 77.0 Å². The van der Waals surface area contributed by atoms with E-state index in [-0.39, 0.29) is 0 Å². The lowest BCUT2D eigenvalue weighted by Gasteiger charge is -1.98. The molecule has 0 amide bonds. The first-order chi connectivity index (χ1) is 6.24. The van der Waals surface area contributed by atoms with Crippen LogP contribution < -0.4 is 0 Å². The smallest absolute Gasteiger partial charge is 0.101 e. The third-order valence-electron chi connectivity index (χ3n) is 2.32. The summed E-state index contributed by atoms with van der Waals surface area (Å²) in [6.07, 6.45) is 1.87. The Balaban J connectivity index is 2.98. The Hall–Kier alpha value is -1.75. The van der Waals surface area contributed by atoms with Gasteiger partial charge in [0.25, 0.3) is 0 Å². The van der Waals surface area contributed by atoms with Gasteiger partial charge in [0.05, 0.1) is 11.1 Å². The van der Waals surface area contributed by atoms with Crippen LogP contribution in [0.3, 0.4) is 0 Å². The van der Waals surface area contributed by atoms with Gasteiger partial charge in [-0.3, -0.25) is 0 Å². The second kappa shape index (κ2) is 2.63. The summed E-state index contributed by atoms with van der Waals surface area (Å²) in [7, 11) is 1.97. The summed E-state index contributed by atoms with van der Waals surface area (Å²) in [6.45, 7) is 2.06. The van der Waals surface area contributed by atoms with E-state index in [1.807, 2.05) is 29.9 Å². The topological polar surface area (TPSA) is 28.7 Å². The van der Waals surface area contributed by atoms with Gasteiger partial charge in [-0.05, 0) is 12.5 Å². The Morgan fingerprint density at radius 1 is 1.38 bits per heavy atom. The first-order valence-electron chi connectivity index (χ1n) is 4.19. The fourth-order valence-electron chi connectivity index (χ4n) is 1.76. The molecule has 0 saturated carbocycles. The minimum absolute atomic E-state index is 0.751. The van der Waals surface area contributed by atoms with Crippen LogP contribution >= 0.6 is 0 Å². The van der Waals surface area contributed by atoms with Crippen LogP contribution in [0, 0.1) is 18.3 Å². The second-order valence-corrected chi connectivity index (χ2v) is 3.24. The molecule has 2 heteroatoms. The molecule has 0 N–H and O–H groups in total. The lowest BCUT2D eigenvalue weighted by atomic mass is 10.1. The summed E-state index contributed by atoms with van der Waals surface area (Å²) >= 11 is 0. The minimum atomic E-state index is 0.751. The largest absolute Gasteiger partial charge is 0.349 e. The van der Waals surface area contributed by atoms with Crippen LogP contribution in [0.15, 0.2) is 24.4 Å². The number of para-hydroxylation sites is 1. The summed E-state index contributed by atoms with van der Waals surface area (Å²) in [5.41, 5.74) is 3.11. The van der Waals surface area contributed by atoms with Gasteiger partial charge in [0, 0.05) is 18.6 Å². The number of aromatic nitrogens is 1. The van der Waals surface area contributed by atoms with E-state index in [4.69, 9.17) is 5.26 Å². The number of rotatable bonds is 0. The second-order valence-electron chi connectivity index (χ2n) is 3.24. The van der Waals surface area contributed by atoms with Crippen molar-refractivity contribution < 1.29 is 0 Å². The van der Waals surface area contributed by atoms with E-state index in [1.54, 1.807) is 0 Å². The SMILES string of the molecule is Cc1cccc2c(C#N)cn(C)c12. The number of benzene rings is 1. The highest BCUT2D eigenvalue weighted by molar-refractivity contribution is 5.88. The summed E-state index contributed by atoms with van der Waals surface area (Å²) in [4.78, 5) is 0. The van der Waals surface area contributed by atoms with Gasteiger partial charge in [-0.25, -0.2) is 0 Å². The van der Waals surface area contributed by atoms with Gasteiger partial charge in [-0.2, -0.15) is 5.26 Å². The van der Waals surface area contributed by atoms with Crippen LogP contribution in [0.5, 0.6) is 0 Å². The fraction of sp³-hybridized carbons (Fsp3) is 0.182. The summed E-state index contributed by atoms with van der Waals surface area (Å²) in [5, 5.41) is 9.92. The lowest BCUT2D eigenvalue weighted by Crippen LogP contribution is -1.86. The average Bonchev–Trinajstić information content (AvgIpc) is 2.44. The van der Waals surface area contributed by atoms with Gasteiger partial charge in [0.15, 0.2) is 0 Å². The van der Waals surface area contributed by atoms with Crippen molar-refractivity contribution in [2.75, 3.05) is 0 Å². The molecule has 64 valence electrons. The highest BCUT2D eigenvalue weighted by Crippen LogP contribution is 2.22. The van der Waals surface area contributed by atoms with E-state index in [0.717, 1.165) is 16.5 Å². The maximum atomic E-state index is 8.88. The Bertz CT molecular complexity index is 501.